The first kappa shape index (κ1) is 20.5. The van der Waals surface area contributed by atoms with Crippen molar-refractivity contribution in [2.24, 2.45) is 0 Å². The number of carbonyl (C=O) groups is 5. The van der Waals surface area contributed by atoms with Gasteiger partial charge in [0.1, 0.15) is 0 Å². The van der Waals surface area contributed by atoms with Crippen LogP contribution in [0, 0.1) is 0 Å². The van der Waals surface area contributed by atoms with E-state index in [1.54, 1.807) is 6.07 Å². The predicted molar refractivity (Wildman–Crippen MR) is 102 cm³/mol. The zero-order chi connectivity index (χ0) is 20.8. The molecule has 0 bridgehead atoms. The van der Waals surface area contributed by atoms with Gasteiger partial charge in [-0.1, -0.05) is 25.3 Å². The molecule has 1 saturated carbocycles. The van der Waals surface area contributed by atoms with Gasteiger partial charge < -0.3 is 10.1 Å². The van der Waals surface area contributed by atoms with Gasteiger partial charge in [-0.3, -0.25) is 24.6 Å². The lowest BCUT2D eigenvalue weighted by atomic mass is 9.96. The zero-order valence-electron chi connectivity index (χ0n) is 15.9. The van der Waals surface area contributed by atoms with Gasteiger partial charge in [0, 0.05) is 18.9 Å². The summed E-state index contributed by atoms with van der Waals surface area (Å²) in [6.45, 7) is -0.622. The van der Waals surface area contributed by atoms with Crippen molar-refractivity contribution in [3.8, 4) is 0 Å². The Morgan fingerprint density at radius 3 is 2.41 bits per heavy atom. The van der Waals surface area contributed by atoms with Crippen molar-refractivity contribution in [1.29, 1.82) is 0 Å². The monoisotopic (exact) mass is 401 g/mol. The number of hydrogen-bond donors (Lipinski definition) is 2. The number of urea groups is 1. The second-order valence-electron chi connectivity index (χ2n) is 7.11. The molecule has 29 heavy (non-hydrogen) atoms. The first-order chi connectivity index (χ1) is 13.9. The highest BCUT2D eigenvalue weighted by molar-refractivity contribution is 6.20. The lowest BCUT2D eigenvalue weighted by molar-refractivity contribution is -0.123. The Bertz CT molecular complexity index is 815. The van der Waals surface area contributed by atoms with E-state index in [1.807, 2.05) is 0 Å². The number of rotatable bonds is 5. The zero-order valence-corrected chi connectivity index (χ0v) is 15.9. The molecule has 5 amide bonds. The van der Waals surface area contributed by atoms with Crippen LogP contribution >= 0.6 is 0 Å². The fourth-order valence-electron chi connectivity index (χ4n) is 3.48. The number of amides is 5. The summed E-state index contributed by atoms with van der Waals surface area (Å²) >= 11 is 0. The number of ether oxygens (including phenoxy) is 1. The van der Waals surface area contributed by atoms with E-state index in [9.17, 15) is 24.0 Å². The lowest BCUT2D eigenvalue weighted by Gasteiger charge is -2.22. The first-order valence-corrected chi connectivity index (χ1v) is 9.67. The van der Waals surface area contributed by atoms with E-state index >= 15 is 0 Å². The van der Waals surface area contributed by atoms with Crippen LogP contribution in [0.2, 0.25) is 0 Å². The van der Waals surface area contributed by atoms with Gasteiger partial charge in [0.25, 0.3) is 5.91 Å². The topological polar surface area (TPSA) is 122 Å². The molecule has 1 aliphatic heterocycles. The lowest BCUT2D eigenvalue weighted by Crippen LogP contribution is -2.46. The highest BCUT2D eigenvalue weighted by Gasteiger charge is 2.30. The van der Waals surface area contributed by atoms with Crippen molar-refractivity contribution in [2.75, 3.05) is 11.5 Å². The van der Waals surface area contributed by atoms with E-state index in [0.29, 0.717) is 0 Å². The predicted octanol–water partition coefficient (Wildman–Crippen LogP) is 1.66. The minimum atomic E-state index is -0.797. The third-order valence-electron chi connectivity index (χ3n) is 4.92. The van der Waals surface area contributed by atoms with Crippen molar-refractivity contribution < 1.29 is 28.7 Å². The van der Waals surface area contributed by atoms with Crippen LogP contribution in [0.3, 0.4) is 0 Å². The molecule has 0 radical (unpaired) electrons. The Hall–Kier alpha value is -3.23. The van der Waals surface area contributed by atoms with Gasteiger partial charge in [-0.15, -0.1) is 0 Å². The normalized spacial score (nSPS) is 17.2. The summed E-state index contributed by atoms with van der Waals surface area (Å²) in [5, 5.41) is 4.87. The summed E-state index contributed by atoms with van der Waals surface area (Å²) in [7, 11) is 0. The van der Waals surface area contributed by atoms with Gasteiger partial charge >= 0.3 is 12.0 Å². The van der Waals surface area contributed by atoms with Crippen LogP contribution in [0.15, 0.2) is 24.3 Å². The molecule has 1 aliphatic carbocycles. The van der Waals surface area contributed by atoms with Gasteiger partial charge in [-0.05, 0) is 31.0 Å². The van der Waals surface area contributed by atoms with Crippen molar-refractivity contribution in [1.82, 2.24) is 10.6 Å². The standard InChI is InChI=1S/C20H23N3O6/c24-16(22-20(28)21-14-6-2-1-3-7-14)12-29-19(27)13-5-4-8-15(11-13)23-17(25)9-10-18(23)26/h4-5,8,11,14H,1-3,6-7,9-10,12H2,(H2,21,22,24,28). The minimum Gasteiger partial charge on any atom is -0.452 e. The fraction of sp³-hybridized carbons (Fsp3) is 0.450. The van der Waals surface area contributed by atoms with Gasteiger partial charge in [-0.2, -0.15) is 0 Å². The average Bonchev–Trinajstić information content (AvgIpc) is 3.05. The van der Waals surface area contributed by atoms with Gasteiger partial charge in [0.2, 0.25) is 11.8 Å². The Balaban J connectivity index is 1.49. The molecule has 0 spiro atoms. The summed E-state index contributed by atoms with van der Waals surface area (Å²) < 4.78 is 4.93. The molecule has 2 aliphatic rings. The van der Waals surface area contributed by atoms with Crippen LogP contribution in [0.5, 0.6) is 0 Å². The minimum absolute atomic E-state index is 0.0536. The number of nitrogens with one attached hydrogen (secondary N) is 2. The van der Waals surface area contributed by atoms with E-state index in [0.717, 1.165) is 37.0 Å². The van der Waals surface area contributed by atoms with Crippen molar-refractivity contribution >= 4 is 35.4 Å². The van der Waals surface area contributed by atoms with Crippen LogP contribution in [0.4, 0.5) is 10.5 Å². The number of benzene rings is 1. The summed E-state index contributed by atoms with van der Waals surface area (Å²) in [5.74, 6) is -2.20. The largest absolute Gasteiger partial charge is 0.452 e. The average molecular weight is 401 g/mol. The molecule has 9 heteroatoms. The molecule has 1 aromatic rings. The highest BCUT2D eigenvalue weighted by Crippen LogP contribution is 2.23. The maximum atomic E-state index is 12.2. The quantitative estimate of drug-likeness (QED) is 0.572. The number of carbonyl (C=O) groups excluding carboxylic acids is 5. The number of anilines is 1. The van der Waals surface area contributed by atoms with E-state index in [1.165, 1.54) is 18.2 Å². The van der Waals surface area contributed by atoms with Crippen LogP contribution in [-0.2, 0) is 19.1 Å². The Labute approximate surface area is 167 Å². The molecule has 9 nitrogen and oxygen atoms in total. The molecule has 0 aromatic heterocycles. The number of nitrogens with zero attached hydrogens (tertiary/aromatic N) is 1. The van der Waals surface area contributed by atoms with Gasteiger partial charge in [-0.25, -0.2) is 9.59 Å². The summed E-state index contributed by atoms with van der Waals surface area (Å²) in [6.07, 6.45) is 5.28. The van der Waals surface area contributed by atoms with Crippen molar-refractivity contribution in [2.45, 2.75) is 51.0 Å². The molecule has 1 aromatic carbocycles. The van der Waals surface area contributed by atoms with E-state index in [-0.39, 0.29) is 41.9 Å². The SMILES string of the molecule is O=C(COC(=O)c1cccc(N2C(=O)CCC2=O)c1)NC(=O)NC1CCCCC1. The van der Waals surface area contributed by atoms with Crippen molar-refractivity contribution in [3.63, 3.8) is 0 Å². The van der Waals surface area contributed by atoms with E-state index in [2.05, 4.69) is 10.6 Å². The summed E-state index contributed by atoms with van der Waals surface area (Å²) in [5.41, 5.74) is 0.373. The van der Waals surface area contributed by atoms with Crippen LogP contribution in [0.25, 0.3) is 0 Å². The summed E-state index contributed by atoms with van der Waals surface area (Å²) in [6, 6.07) is 5.31. The fourth-order valence-corrected chi connectivity index (χ4v) is 3.48. The Morgan fingerprint density at radius 2 is 1.72 bits per heavy atom. The highest BCUT2D eigenvalue weighted by atomic mass is 16.5. The van der Waals surface area contributed by atoms with Crippen LogP contribution in [0.1, 0.15) is 55.3 Å². The molecule has 2 N–H and O–H groups in total. The molecule has 0 atom stereocenters. The second kappa shape index (κ2) is 9.31. The Kier molecular flexibility index (Phi) is 6.58. The number of hydrogen-bond acceptors (Lipinski definition) is 6. The maximum absolute atomic E-state index is 12.2. The Morgan fingerprint density at radius 1 is 1.03 bits per heavy atom. The maximum Gasteiger partial charge on any atom is 0.338 e. The molecule has 0 unspecified atom stereocenters. The summed E-state index contributed by atoms with van der Waals surface area (Å²) in [4.78, 5) is 60.6. The van der Waals surface area contributed by atoms with E-state index in [4.69, 9.17) is 4.74 Å². The van der Waals surface area contributed by atoms with E-state index < -0.39 is 24.5 Å². The molecule has 1 heterocycles. The first-order valence-electron chi connectivity index (χ1n) is 9.67. The second-order valence-corrected chi connectivity index (χ2v) is 7.11. The smallest absolute Gasteiger partial charge is 0.338 e. The van der Waals surface area contributed by atoms with Crippen molar-refractivity contribution in [3.05, 3.63) is 29.8 Å². The number of esters is 1. The molecular formula is C20H23N3O6. The van der Waals surface area contributed by atoms with Crippen LogP contribution < -0.4 is 15.5 Å². The molecule has 2 fully saturated rings. The molecule has 154 valence electrons. The van der Waals surface area contributed by atoms with Gasteiger partial charge in [0.15, 0.2) is 6.61 Å². The third kappa shape index (κ3) is 5.40. The molecular weight excluding hydrogens is 378 g/mol. The molecule has 1 saturated heterocycles. The number of imide groups is 2. The van der Waals surface area contributed by atoms with Crippen LogP contribution in [-0.4, -0.2) is 42.4 Å². The molecule has 3 rings (SSSR count). The van der Waals surface area contributed by atoms with Gasteiger partial charge in [0.05, 0.1) is 11.3 Å². The third-order valence-corrected chi connectivity index (χ3v) is 4.92.